The molecule has 0 fully saturated rings. The predicted octanol–water partition coefficient (Wildman–Crippen LogP) is 4.45. The zero-order chi connectivity index (χ0) is 22.5. The largest absolute Gasteiger partial charge is 0.494 e. The summed E-state index contributed by atoms with van der Waals surface area (Å²) in [6, 6.07) is 11.2. The third kappa shape index (κ3) is 5.14. The van der Waals surface area contributed by atoms with Gasteiger partial charge in [-0.3, -0.25) is 9.69 Å². The Labute approximate surface area is 192 Å². The first kappa shape index (κ1) is 22.4. The van der Waals surface area contributed by atoms with Crippen molar-refractivity contribution in [2.75, 3.05) is 51.9 Å². The average Bonchev–Trinajstić information content (AvgIpc) is 3.20. The summed E-state index contributed by atoms with van der Waals surface area (Å²) in [7, 11) is 3.98. The number of unbranched alkanes of at least 4 members (excludes halogenated alkanes) is 1. The van der Waals surface area contributed by atoms with Gasteiger partial charge >= 0.3 is 0 Å². The first-order valence-corrected chi connectivity index (χ1v) is 11.8. The lowest BCUT2D eigenvalue weighted by Gasteiger charge is -2.22. The number of amides is 1. The lowest BCUT2D eigenvalue weighted by molar-refractivity contribution is 0.0985. The van der Waals surface area contributed by atoms with Crippen LogP contribution in [0.15, 0.2) is 36.4 Å². The highest BCUT2D eigenvalue weighted by atomic mass is 32.1. The molecule has 0 unspecified atom stereocenters. The fourth-order valence-electron chi connectivity index (χ4n) is 3.34. The summed E-state index contributed by atoms with van der Waals surface area (Å²) in [5, 5.41) is 0.664. The number of thiazole rings is 1. The lowest BCUT2D eigenvalue weighted by Crippen LogP contribution is -2.36. The molecule has 0 spiro atoms. The first-order chi connectivity index (χ1) is 15.5. The van der Waals surface area contributed by atoms with Crippen LogP contribution in [0.4, 0.5) is 5.13 Å². The van der Waals surface area contributed by atoms with Crippen molar-refractivity contribution in [3.05, 3.63) is 42.0 Å². The van der Waals surface area contributed by atoms with Crippen molar-refractivity contribution in [1.29, 1.82) is 0 Å². The second-order valence-corrected chi connectivity index (χ2v) is 8.96. The van der Waals surface area contributed by atoms with Crippen LogP contribution in [0, 0.1) is 0 Å². The molecule has 7 nitrogen and oxygen atoms in total. The van der Waals surface area contributed by atoms with Crippen molar-refractivity contribution >= 4 is 32.6 Å². The minimum Gasteiger partial charge on any atom is -0.494 e. The standard InChI is InChI=1S/C24H29N3O4S/c1-4-5-12-29-18-8-6-17(7-9-18)23(28)27(11-10-26(2)3)24-25-19-15-20-21(16-22(19)32-24)31-14-13-30-20/h6-9,15-16H,4-5,10-14H2,1-3H3. The highest BCUT2D eigenvalue weighted by Crippen LogP contribution is 2.39. The summed E-state index contributed by atoms with van der Waals surface area (Å²) in [5.41, 5.74) is 1.41. The second kappa shape index (κ2) is 10.2. The smallest absolute Gasteiger partial charge is 0.260 e. The quantitative estimate of drug-likeness (QED) is 0.444. The maximum atomic E-state index is 13.4. The van der Waals surface area contributed by atoms with Gasteiger partial charge in [0, 0.05) is 30.8 Å². The van der Waals surface area contributed by atoms with Crippen LogP contribution in [0.5, 0.6) is 17.2 Å². The molecule has 0 bridgehead atoms. The molecule has 0 saturated carbocycles. The van der Waals surface area contributed by atoms with E-state index in [0.717, 1.165) is 41.1 Å². The molecule has 2 heterocycles. The monoisotopic (exact) mass is 455 g/mol. The third-order valence-corrected chi connectivity index (χ3v) is 6.20. The molecule has 0 N–H and O–H groups in total. The van der Waals surface area contributed by atoms with Crippen molar-refractivity contribution < 1.29 is 19.0 Å². The van der Waals surface area contributed by atoms with Gasteiger partial charge in [-0.15, -0.1) is 0 Å². The van der Waals surface area contributed by atoms with Crippen molar-refractivity contribution in [2.24, 2.45) is 0 Å². The minimum absolute atomic E-state index is 0.0803. The van der Waals surface area contributed by atoms with E-state index in [1.165, 1.54) is 11.3 Å². The van der Waals surface area contributed by atoms with Gasteiger partial charge in [0.15, 0.2) is 16.6 Å². The van der Waals surface area contributed by atoms with Crippen LogP contribution in [0.3, 0.4) is 0 Å². The Hall–Kier alpha value is -2.84. The maximum Gasteiger partial charge on any atom is 0.260 e. The van der Waals surface area contributed by atoms with Crippen molar-refractivity contribution in [3.8, 4) is 17.2 Å². The van der Waals surface area contributed by atoms with Gasteiger partial charge in [-0.25, -0.2) is 4.98 Å². The Morgan fingerprint density at radius 1 is 1.09 bits per heavy atom. The molecule has 0 saturated heterocycles. The fourth-order valence-corrected chi connectivity index (χ4v) is 4.34. The Balaban J connectivity index is 1.59. The summed E-state index contributed by atoms with van der Waals surface area (Å²) in [6.07, 6.45) is 2.09. The molecule has 2 aromatic carbocycles. The van der Waals surface area contributed by atoms with Crippen LogP contribution in [0.25, 0.3) is 10.2 Å². The van der Waals surface area contributed by atoms with Crippen LogP contribution in [-0.2, 0) is 0 Å². The highest BCUT2D eigenvalue weighted by Gasteiger charge is 2.23. The molecule has 0 atom stereocenters. The van der Waals surface area contributed by atoms with Crippen LogP contribution in [0.2, 0.25) is 0 Å². The summed E-state index contributed by atoms with van der Waals surface area (Å²) in [4.78, 5) is 22.0. The van der Waals surface area contributed by atoms with E-state index < -0.39 is 0 Å². The van der Waals surface area contributed by atoms with E-state index >= 15 is 0 Å². The molecule has 8 heteroatoms. The Morgan fingerprint density at radius 3 is 2.50 bits per heavy atom. The molecule has 1 amide bonds. The molecule has 32 heavy (non-hydrogen) atoms. The number of anilines is 1. The van der Waals surface area contributed by atoms with Crippen molar-refractivity contribution in [1.82, 2.24) is 9.88 Å². The molecule has 1 aliphatic rings. The number of ether oxygens (including phenoxy) is 3. The number of carbonyl (C=O) groups is 1. The van der Waals surface area contributed by atoms with Crippen molar-refractivity contribution in [3.63, 3.8) is 0 Å². The van der Waals surface area contributed by atoms with Gasteiger partial charge in [-0.1, -0.05) is 24.7 Å². The molecule has 0 radical (unpaired) electrons. The fraction of sp³-hybridized carbons (Fsp3) is 0.417. The molecule has 4 rings (SSSR count). The van der Waals surface area contributed by atoms with Crippen molar-refractivity contribution in [2.45, 2.75) is 19.8 Å². The predicted molar refractivity (Wildman–Crippen MR) is 128 cm³/mol. The van der Waals surface area contributed by atoms with Crippen LogP contribution in [-0.4, -0.2) is 62.8 Å². The van der Waals surface area contributed by atoms with Crippen LogP contribution >= 0.6 is 11.3 Å². The molecule has 3 aromatic rings. The number of benzene rings is 2. The van der Waals surface area contributed by atoms with Crippen LogP contribution < -0.4 is 19.1 Å². The summed E-state index contributed by atoms with van der Waals surface area (Å²) >= 11 is 1.48. The van der Waals surface area contributed by atoms with E-state index in [1.54, 1.807) is 4.90 Å². The van der Waals surface area contributed by atoms with Gasteiger partial charge in [0.25, 0.3) is 5.91 Å². The molecule has 170 valence electrons. The number of rotatable bonds is 9. The van der Waals surface area contributed by atoms with Gasteiger partial charge < -0.3 is 19.1 Å². The summed E-state index contributed by atoms with van der Waals surface area (Å²) in [6.45, 7) is 5.14. The number of hydrogen-bond acceptors (Lipinski definition) is 7. The number of nitrogens with zero attached hydrogens (tertiary/aromatic N) is 3. The van der Waals surface area contributed by atoms with Gasteiger partial charge in [0.05, 0.1) is 16.8 Å². The van der Waals surface area contributed by atoms with Gasteiger partial charge in [0.2, 0.25) is 0 Å². The van der Waals surface area contributed by atoms with Gasteiger partial charge in [-0.2, -0.15) is 0 Å². The summed E-state index contributed by atoms with van der Waals surface area (Å²) in [5.74, 6) is 2.12. The van der Waals surface area contributed by atoms with E-state index in [-0.39, 0.29) is 5.91 Å². The summed E-state index contributed by atoms with van der Waals surface area (Å²) < 4.78 is 18.1. The van der Waals surface area contributed by atoms with E-state index in [2.05, 4.69) is 11.8 Å². The third-order valence-electron chi connectivity index (χ3n) is 5.16. The average molecular weight is 456 g/mol. The topological polar surface area (TPSA) is 64.1 Å². The van der Waals surface area contributed by atoms with Gasteiger partial charge in [-0.05, 0) is 44.8 Å². The maximum absolute atomic E-state index is 13.4. The Morgan fingerprint density at radius 2 is 1.81 bits per heavy atom. The zero-order valence-electron chi connectivity index (χ0n) is 18.8. The van der Waals surface area contributed by atoms with E-state index in [4.69, 9.17) is 19.2 Å². The molecular formula is C24H29N3O4S. The normalized spacial score (nSPS) is 12.9. The Kier molecular flexibility index (Phi) is 7.12. The number of likely N-dealkylation sites (N-methyl/N-ethyl adjacent to an activating group) is 1. The number of fused-ring (bicyclic) bond motifs is 2. The molecular weight excluding hydrogens is 426 g/mol. The van der Waals surface area contributed by atoms with E-state index in [1.807, 2.05) is 50.5 Å². The van der Waals surface area contributed by atoms with E-state index in [0.29, 0.717) is 42.8 Å². The van der Waals surface area contributed by atoms with E-state index in [9.17, 15) is 4.79 Å². The Bertz CT molecular complexity index is 1020. The molecule has 1 aliphatic heterocycles. The van der Waals surface area contributed by atoms with Crippen LogP contribution in [0.1, 0.15) is 30.1 Å². The SMILES string of the molecule is CCCCOc1ccc(C(=O)N(CCN(C)C)c2nc3cc4c(cc3s2)OCCO4)cc1. The number of hydrogen-bond donors (Lipinski definition) is 0. The zero-order valence-corrected chi connectivity index (χ0v) is 19.6. The second-order valence-electron chi connectivity index (χ2n) is 7.95. The lowest BCUT2D eigenvalue weighted by atomic mass is 10.2. The first-order valence-electron chi connectivity index (χ1n) is 10.9. The molecule has 0 aliphatic carbocycles. The minimum atomic E-state index is -0.0803. The number of aromatic nitrogens is 1. The highest BCUT2D eigenvalue weighted by molar-refractivity contribution is 7.22. The molecule has 1 aromatic heterocycles. The number of carbonyl (C=O) groups excluding carboxylic acids is 1. The van der Waals surface area contributed by atoms with Gasteiger partial charge in [0.1, 0.15) is 19.0 Å².